The number of aliphatic carboxylic acids is 1. The summed E-state index contributed by atoms with van der Waals surface area (Å²) in [6.07, 6.45) is 1.09. The second kappa shape index (κ2) is 6.48. The van der Waals surface area contributed by atoms with Crippen molar-refractivity contribution in [2.24, 2.45) is 5.92 Å². The standard InChI is InChI=1S/C15H19NO5S/c1-11-4-6-13(7-5-11)22(20,21)10-14(17)16-8-2-3-12(9-16)15(18)19/h4-7,12H,2-3,8-10H2,1H3,(H,18,19)/t12-/m1/s1. The molecule has 2 rings (SSSR count). The van der Waals surface area contributed by atoms with Crippen LogP contribution in [0.3, 0.4) is 0 Å². The highest BCUT2D eigenvalue weighted by Gasteiger charge is 2.30. The second-order valence-corrected chi connectivity index (χ2v) is 7.58. The third kappa shape index (κ3) is 3.85. The van der Waals surface area contributed by atoms with E-state index in [-0.39, 0.29) is 11.4 Å². The highest BCUT2D eigenvalue weighted by atomic mass is 32.2. The van der Waals surface area contributed by atoms with Gasteiger partial charge in [-0.15, -0.1) is 0 Å². The third-order valence-electron chi connectivity index (χ3n) is 3.82. The molecule has 0 spiro atoms. The maximum atomic E-state index is 12.2. The fourth-order valence-electron chi connectivity index (χ4n) is 2.49. The van der Waals surface area contributed by atoms with Gasteiger partial charge in [0.15, 0.2) is 9.84 Å². The molecular formula is C15H19NO5S. The van der Waals surface area contributed by atoms with Gasteiger partial charge in [0.2, 0.25) is 5.91 Å². The van der Waals surface area contributed by atoms with Gasteiger partial charge in [0.05, 0.1) is 10.8 Å². The van der Waals surface area contributed by atoms with Crippen LogP contribution in [-0.2, 0) is 19.4 Å². The summed E-state index contributed by atoms with van der Waals surface area (Å²) in [7, 11) is -3.70. The number of sulfone groups is 1. The molecule has 1 atom stereocenters. The first-order chi connectivity index (χ1) is 10.3. The van der Waals surface area contributed by atoms with Crippen LogP contribution in [0.4, 0.5) is 0 Å². The van der Waals surface area contributed by atoms with Crippen molar-refractivity contribution in [1.29, 1.82) is 0 Å². The van der Waals surface area contributed by atoms with Crippen LogP contribution < -0.4 is 0 Å². The molecule has 1 aliphatic rings. The zero-order valence-electron chi connectivity index (χ0n) is 12.4. The molecule has 1 aromatic carbocycles. The number of likely N-dealkylation sites (tertiary alicyclic amines) is 1. The van der Waals surface area contributed by atoms with E-state index in [2.05, 4.69) is 0 Å². The van der Waals surface area contributed by atoms with Crippen LogP contribution in [0.25, 0.3) is 0 Å². The molecule has 120 valence electrons. The Labute approximate surface area is 129 Å². The molecule has 0 unspecified atom stereocenters. The van der Waals surface area contributed by atoms with Gasteiger partial charge in [-0.05, 0) is 31.9 Å². The largest absolute Gasteiger partial charge is 0.481 e. The van der Waals surface area contributed by atoms with E-state index in [1.807, 2.05) is 6.92 Å². The predicted octanol–water partition coefficient (Wildman–Crippen LogP) is 1.09. The van der Waals surface area contributed by atoms with E-state index in [0.717, 1.165) is 5.56 Å². The maximum absolute atomic E-state index is 12.2. The lowest BCUT2D eigenvalue weighted by Crippen LogP contribution is -2.44. The van der Waals surface area contributed by atoms with Gasteiger partial charge in [-0.3, -0.25) is 9.59 Å². The fraction of sp³-hybridized carbons (Fsp3) is 0.467. The number of carboxylic acids is 1. The lowest BCUT2D eigenvalue weighted by Gasteiger charge is -2.30. The number of amides is 1. The summed E-state index contributed by atoms with van der Waals surface area (Å²) in [6, 6.07) is 6.32. The number of piperidine rings is 1. The van der Waals surface area contributed by atoms with Gasteiger partial charge in [0, 0.05) is 13.1 Å². The molecule has 0 aliphatic carbocycles. The Bertz CT molecular complexity index is 666. The molecule has 7 heteroatoms. The summed E-state index contributed by atoms with van der Waals surface area (Å²) in [6.45, 7) is 2.34. The number of carboxylic acid groups (broad SMARTS) is 1. The Kier molecular flexibility index (Phi) is 4.85. The first-order valence-corrected chi connectivity index (χ1v) is 8.75. The van der Waals surface area contributed by atoms with E-state index >= 15 is 0 Å². The van der Waals surface area contributed by atoms with Crippen LogP contribution >= 0.6 is 0 Å². The predicted molar refractivity (Wildman–Crippen MR) is 80.2 cm³/mol. The third-order valence-corrected chi connectivity index (χ3v) is 5.43. The van der Waals surface area contributed by atoms with Crippen molar-refractivity contribution in [2.75, 3.05) is 18.8 Å². The highest BCUT2D eigenvalue weighted by molar-refractivity contribution is 7.92. The Hall–Kier alpha value is -1.89. The molecule has 0 saturated carbocycles. The van der Waals surface area contributed by atoms with Crippen molar-refractivity contribution in [1.82, 2.24) is 4.90 Å². The summed E-state index contributed by atoms with van der Waals surface area (Å²) in [5, 5.41) is 9.02. The number of rotatable bonds is 4. The van der Waals surface area contributed by atoms with Crippen LogP contribution in [0.2, 0.25) is 0 Å². The van der Waals surface area contributed by atoms with Gasteiger partial charge in [-0.1, -0.05) is 17.7 Å². The monoisotopic (exact) mass is 325 g/mol. The number of hydrogen-bond acceptors (Lipinski definition) is 4. The minimum atomic E-state index is -3.70. The van der Waals surface area contributed by atoms with Crippen LogP contribution in [0.15, 0.2) is 29.2 Å². The average Bonchev–Trinajstić information content (AvgIpc) is 2.47. The Morgan fingerprint density at radius 3 is 2.50 bits per heavy atom. The molecule has 6 nitrogen and oxygen atoms in total. The molecule has 1 N–H and O–H groups in total. The van der Waals surface area contributed by atoms with Crippen molar-refractivity contribution in [2.45, 2.75) is 24.7 Å². The van der Waals surface area contributed by atoms with Crippen molar-refractivity contribution < 1.29 is 23.1 Å². The minimum Gasteiger partial charge on any atom is -0.481 e. The molecule has 1 aliphatic heterocycles. The number of nitrogens with zero attached hydrogens (tertiary/aromatic N) is 1. The van der Waals surface area contributed by atoms with Crippen molar-refractivity contribution in [3.63, 3.8) is 0 Å². The molecule has 1 amide bonds. The van der Waals surface area contributed by atoms with Gasteiger partial charge in [0.25, 0.3) is 0 Å². The summed E-state index contributed by atoms with van der Waals surface area (Å²) in [5.41, 5.74) is 0.936. The van der Waals surface area contributed by atoms with E-state index in [0.29, 0.717) is 19.4 Å². The first-order valence-electron chi connectivity index (χ1n) is 7.09. The quantitative estimate of drug-likeness (QED) is 0.895. The molecule has 0 radical (unpaired) electrons. The number of benzene rings is 1. The van der Waals surface area contributed by atoms with E-state index in [9.17, 15) is 18.0 Å². The van der Waals surface area contributed by atoms with Crippen molar-refractivity contribution >= 4 is 21.7 Å². The molecule has 1 saturated heterocycles. The van der Waals surface area contributed by atoms with E-state index in [1.54, 1.807) is 12.1 Å². The smallest absolute Gasteiger partial charge is 0.308 e. The van der Waals surface area contributed by atoms with E-state index < -0.39 is 33.4 Å². The molecule has 1 heterocycles. The van der Waals surface area contributed by atoms with Crippen molar-refractivity contribution in [3.8, 4) is 0 Å². The highest BCUT2D eigenvalue weighted by Crippen LogP contribution is 2.18. The summed E-state index contributed by atoms with van der Waals surface area (Å²) in [4.78, 5) is 24.6. The Balaban J connectivity index is 2.07. The maximum Gasteiger partial charge on any atom is 0.308 e. The fourth-order valence-corrected chi connectivity index (χ4v) is 3.71. The number of hydrogen-bond donors (Lipinski definition) is 1. The van der Waals surface area contributed by atoms with Gasteiger partial charge in [-0.2, -0.15) is 0 Å². The zero-order chi connectivity index (χ0) is 16.3. The number of aryl methyl sites for hydroxylation is 1. The second-order valence-electron chi connectivity index (χ2n) is 5.59. The van der Waals surface area contributed by atoms with Crippen LogP contribution in [-0.4, -0.2) is 49.1 Å². The molecule has 22 heavy (non-hydrogen) atoms. The topological polar surface area (TPSA) is 91.8 Å². The Morgan fingerprint density at radius 1 is 1.27 bits per heavy atom. The number of carbonyl (C=O) groups excluding carboxylic acids is 1. The molecule has 0 bridgehead atoms. The summed E-state index contributed by atoms with van der Waals surface area (Å²) in [5.74, 6) is -2.72. The van der Waals surface area contributed by atoms with Crippen LogP contribution in [0.5, 0.6) is 0 Å². The number of carbonyl (C=O) groups is 2. The lowest BCUT2D eigenvalue weighted by molar-refractivity contribution is -0.145. The summed E-state index contributed by atoms with van der Waals surface area (Å²) >= 11 is 0. The van der Waals surface area contributed by atoms with E-state index in [1.165, 1.54) is 17.0 Å². The van der Waals surface area contributed by atoms with Gasteiger partial charge in [-0.25, -0.2) is 8.42 Å². The molecule has 1 fully saturated rings. The average molecular weight is 325 g/mol. The Morgan fingerprint density at radius 2 is 1.91 bits per heavy atom. The van der Waals surface area contributed by atoms with Gasteiger partial charge in [0.1, 0.15) is 5.75 Å². The SMILES string of the molecule is Cc1ccc(S(=O)(=O)CC(=O)N2CCC[C@@H](C(=O)O)C2)cc1. The minimum absolute atomic E-state index is 0.0809. The van der Waals surface area contributed by atoms with Gasteiger partial charge < -0.3 is 10.0 Å². The van der Waals surface area contributed by atoms with Crippen molar-refractivity contribution in [3.05, 3.63) is 29.8 Å². The van der Waals surface area contributed by atoms with Crippen LogP contribution in [0.1, 0.15) is 18.4 Å². The van der Waals surface area contributed by atoms with Crippen LogP contribution in [0, 0.1) is 12.8 Å². The summed E-state index contributed by atoms with van der Waals surface area (Å²) < 4.78 is 24.5. The normalized spacial score (nSPS) is 19.0. The zero-order valence-corrected chi connectivity index (χ0v) is 13.2. The molecule has 0 aromatic heterocycles. The molecule has 1 aromatic rings. The van der Waals surface area contributed by atoms with Gasteiger partial charge >= 0.3 is 5.97 Å². The molecular weight excluding hydrogens is 306 g/mol. The first kappa shape index (κ1) is 16.5. The van der Waals surface area contributed by atoms with E-state index in [4.69, 9.17) is 5.11 Å². The lowest BCUT2D eigenvalue weighted by atomic mass is 9.98.